The van der Waals surface area contributed by atoms with Gasteiger partial charge in [0.15, 0.2) is 0 Å². The van der Waals surface area contributed by atoms with Crippen molar-refractivity contribution in [2.75, 3.05) is 7.05 Å². The van der Waals surface area contributed by atoms with Crippen LogP contribution in [0.2, 0.25) is 0 Å². The molecule has 0 aromatic heterocycles. The molecule has 0 bridgehead atoms. The van der Waals surface area contributed by atoms with Crippen LogP contribution in [-0.2, 0) is 6.42 Å². The van der Waals surface area contributed by atoms with E-state index >= 15 is 0 Å². The Morgan fingerprint density at radius 3 is 2.18 bits per heavy atom. The molecule has 0 amide bonds. The summed E-state index contributed by atoms with van der Waals surface area (Å²) < 4.78 is 0. The van der Waals surface area contributed by atoms with Gasteiger partial charge in [0.25, 0.3) is 0 Å². The van der Waals surface area contributed by atoms with Crippen LogP contribution in [0.5, 0.6) is 0 Å². The van der Waals surface area contributed by atoms with Gasteiger partial charge in [-0.25, -0.2) is 0 Å². The van der Waals surface area contributed by atoms with E-state index in [1.165, 1.54) is 56.9 Å². The lowest BCUT2D eigenvalue weighted by molar-refractivity contribution is 0.244. The van der Waals surface area contributed by atoms with E-state index in [0.29, 0.717) is 12.1 Å². The maximum Gasteiger partial charge on any atom is 0.0322 e. The highest BCUT2D eigenvalue weighted by molar-refractivity contribution is 5.20. The molecule has 0 fully saturated rings. The smallest absolute Gasteiger partial charge is 0.0322 e. The summed E-state index contributed by atoms with van der Waals surface area (Å²) in [4.78, 5) is 2.56. The summed E-state index contributed by atoms with van der Waals surface area (Å²) in [6, 6.07) is 12.1. The Bertz CT molecular complexity index is 423. The highest BCUT2D eigenvalue weighted by Gasteiger charge is 2.24. The first-order valence-electron chi connectivity index (χ1n) is 9.25. The van der Waals surface area contributed by atoms with Gasteiger partial charge in [0.1, 0.15) is 0 Å². The maximum atomic E-state index is 2.56. The van der Waals surface area contributed by atoms with Gasteiger partial charge in [-0.2, -0.15) is 0 Å². The predicted octanol–water partition coefficient (Wildman–Crippen LogP) is 5.61. The monoisotopic (exact) mass is 299 g/mol. The molecule has 2 unspecified atom stereocenters. The van der Waals surface area contributed by atoms with Gasteiger partial charge < -0.3 is 0 Å². The lowest BCUT2D eigenvalue weighted by atomic mass is 10.0. The highest BCUT2D eigenvalue weighted by Crippen LogP contribution is 2.22. The maximum absolute atomic E-state index is 2.56. The van der Waals surface area contributed by atoms with Crippen molar-refractivity contribution in [1.82, 2.24) is 4.90 Å². The minimum Gasteiger partial charge on any atom is -0.293 e. The van der Waals surface area contributed by atoms with Crippen molar-refractivity contribution in [2.45, 2.75) is 76.8 Å². The van der Waals surface area contributed by atoms with E-state index in [1.807, 2.05) is 0 Å². The van der Waals surface area contributed by atoms with Crippen molar-refractivity contribution in [2.24, 2.45) is 0 Å². The summed E-state index contributed by atoms with van der Waals surface area (Å²) in [6.07, 6.45) is 17.1. The highest BCUT2D eigenvalue weighted by atomic mass is 15.2. The molecule has 1 aliphatic heterocycles. The minimum atomic E-state index is 0.581. The summed E-state index contributed by atoms with van der Waals surface area (Å²) in [7, 11) is 2.29. The normalized spacial score (nSPS) is 21.5. The molecular formula is C21H33N. The van der Waals surface area contributed by atoms with E-state index in [4.69, 9.17) is 0 Å². The van der Waals surface area contributed by atoms with Crippen LogP contribution in [0.1, 0.15) is 63.9 Å². The molecule has 1 aliphatic rings. The van der Waals surface area contributed by atoms with Crippen LogP contribution in [0.3, 0.4) is 0 Å². The molecule has 1 aromatic rings. The van der Waals surface area contributed by atoms with Crippen LogP contribution in [0.4, 0.5) is 0 Å². The number of nitrogens with zero attached hydrogens (tertiary/aromatic N) is 1. The van der Waals surface area contributed by atoms with Gasteiger partial charge in [-0.15, -0.1) is 0 Å². The van der Waals surface area contributed by atoms with Crippen LogP contribution in [0.15, 0.2) is 42.5 Å². The summed E-state index contributed by atoms with van der Waals surface area (Å²) >= 11 is 0. The Labute approximate surface area is 137 Å². The number of unbranched alkanes of at least 4 members (excludes halogenated alkanes) is 6. The van der Waals surface area contributed by atoms with Gasteiger partial charge in [0.2, 0.25) is 0 Å². The molecule has 0 spiro atoms. The molecule has 2 atom stereocenters. The Morgan fingerprint density at radius 1 is 0.818 bits per heavy atom. The van der Waals surface area contributed by atoms with Gasteiger partial charge in [0, 0.05) is 12.1 Å². The van der Waals surface area contributed by atoms with E-state index in [9.17, 15) is 0 Å². The number of likely N-dealkylation sites (N-methyl/N-ethyl adjacent to an activating group) is 1. The zero-order valence-electron chi connectivity index (χ0n) is 14.5. The zero-order valence-corrected chi connectivity index (χ0v) is 14.5. The third kappa shape index (κ3) is 5.61. The number of hydrogen-bond donors (Lipinski definition) is 0. The lowest BCUT2D eigenvalue weighted by Crippen LogP contribution is -2.34. The second-order valence-electron chi connectivity index (χ2n) is 6.78. The van der Waals surface area contributed by atoms with Crippen LogP contribution >= 0.6 is 0 Å². The minimum absolute atomic E-state index is 0.581. The Kier molecular flexibility index (Phi) is 7.73. The summed E-state index contributed by atoms with van der Waals surface area (Å²) in [5.41, 5.74) is 1.44. The van der Waals surface area contributed by atoms with Crippen molar-refractivity contribution >= 4 is 0 Å². The SMILES string of the molecule is CCCCCCCCCC1C=CC(Cc2ccccc2)N1C. The van der Waals surface area contributed by atoms with E-state index in [1.54, 1.807) is 0 Å². The quantitative estimate of drug-likeness (QED) is 0.401. The molecule has 2 rings (SSSR count). The van der Waals surface area contributed by atoms with Gasteiger partial charge in [-0.1, -0.05) is 94.4 Å². The fourth-order valence-electron chi connectivity index (χ4n) is 3.45. The second-order valence-corrected chi connectivity index (χ2v) is 6.78. The molecule has 0 radical (unpaired) electrons. The van der Waals surface area contributed by atoms with Gasteiger partial charge in [-0.3, -0.25) is 4.90 Å². The fraction of sp³-hybridized carbons (Fsp3) is 0.619. The summed E-state index contributed by atoms with van der Waals surface area (Å²) in [6.45, 7) is 2.29. The molecular weight excluding hydrogens is 266 g/mol. The van der Waals surface area contributed by atoms with Crippen LogP contribution < -0.4 is 0 Å². The largest absolute Gasteiger partial charge is 0.293 e. The van der Waals surface area contributed by atoms with Crippen molar-refractivity contribution in [3.63, 3.8) is 0 Å². The standard InChI is InChI=1S/C21H33N/c1-3-4-5-6-7-8-12-15-20-16-17-21(22(20)2)18-19-13-10-9-11-14-19/h9-11,13-14,16-17,20-21H,3-8,12,15,18H2,1-2H3. The first-order chi connectivity index (χ1) is 10.8. The Morgan fingerprint density at radius 2 is 1.45 bits per heavy atom. The van der Waals surface area contributed by atoms with Crippen LogP contribution in [-0.4, -0.2) is 24.0 Å². The molecule has 0 aliphatic carbocycles. The molecule has 1 heteroatoms. The Balaban J connectivity index is 1.62. The molecule has 0 saturated heterocycles. The molecule has 0 saturated carbocycles. The van der Waals surface area contributed by atoms with E-state index in [-0.39, 0.29) is 0 Å². The molecule has 1 nitrogen and oxygen atoms in total. The Hall–Kier alpha value is -1.08. The third-order valence-electron chi connectivity index (χ3n) is 4.99. The average Bonchev–Trinajstić information content (AvgIpc) is 2.88. The first-order valence-corrected chi connectivity index (χ1v) is 9.25. The fourth-order valence-corrected chi connectivity index (χ4v) is 3.45. The van der Waals surface area contributed by atoms with Gasteiger partial charge in [0.05, 0.1) is 0 Å². The van der Waals surface area contributed by atoms with Crippen LogP contribution in [0.25, 0.3) is 0 Å². The van der Waals surface area contributed by atoms with E-state index < -0.39 is 0 Å². The van der Waals surface area contributed by atoms with Crippen LogP contribution in [0, 0.1) is 0 Å². The molecule has 1 aromatic carbocycles. The first kappa shape index (κ1) is 17.3. The molecule has 22 heavy (non-hydrogen) atoms. The second kappa shape index (κ2) is 9.84. The number of benzene rings is 1. The molecule has 122 valence electrons. The van der Waals surface area contributed by atoms with Crippen molar-refractivity contribution in [1.29, 1.82) is 0 Å². The summed E-state index contributed by atoms with van der Waals surface area (Å²) in [5, 5.41) is 0. The predicted molar refractivity (Wildman–Crippen MR) is 97.2 cm³/mol. The topological polar surface area (TPSA) is 3.24 Å². The van der Waals surface area contributed by atoms with E-state index in [0.717, 1.165) is 6.42 Å². The summed E-state index contributed by atoms with van der Waals surface area (Å²) in [5.74, 6) is 0. The van der Waals surface area contributed by atoms with Crippen molar-refractivity contribution in [3.8, 4) is 0 Å². The van der Waals surface area contributed by atoms with Crippen molar-refractivity contribution in [3.05, 3.63) is 48.0 Å². The lowest BCUT2D eigenvalue weighted by Gasteiger charge is -2.26. The average molecular weight is 300 g/mol. The molecule has 0 N–H and O–H groups in total. The number of rotatable bonds is 10. The van der Waals surface area contributed by atoms with Gasteiger partial charge in [-0.05, 0) is 25.5 Å². The molecule has 1 heterocycles. The number of hydrogen-bond acceptors (Lipinski definition) is 1. The van der Waals surface area contributed by atoms with Gasteiger partial charge >= 0.3 is 0 Å². The zero-order chi connectivity index (χ0) is 15.6. The van der Waals surface area contributed by atoms with Crippen molar-refractivity contribution < 1.29 is 0 Å². The van der Waals surface area contributed by atoms with E-state index in [2.05, 4.69) is 61.4 Å². The third-order valence-corrected chi connectivity index (χ3v) is 4.99.